The maximum absolute atomic E-state index is 13.9. The van der Waals surface area contributed by atoms with Crippen molar-refractivity contribution in [3.63, 3.8) is 0 Å². The molecule has 6 nitrogen and oxygen atoms in total. The highest BCUT2D eigenvalue weighted by Gasteiger charge is 2.44. The van der Waals surface area contributed by atoms with Gasteiger partial charge in [0.1, 0.15) is 4.90 Å². The zero-order chi connectivity index (χ0) is 24.0. The number of aromatic nitrogens is 2. The van der Waals surface area contributed by atoms with E-state index in [1.54, 1.807) is 24.5 Å². The van der Waals surface area contributed by atoms with Crippen LogP contribution >= 0.6 is 0 Å². The number of piperidine rings is 3. The predicted molar refractivity (Wildman–Crippen MR) is 138 cm³/mol. The molecule has 5 atom stereocenters. The van der Waals surface area contributed by atoms with Gasteiger partial charge < -0.3 is 0 Å². The summed E-state index contributed by atoms with van der Waals surface area (Å²) in [6.45, 7) is 5.93. The van der Waals surface area contributed by atoms with Crippen molar-refractivity contribution in [1.82, 2.24) is 19.6 Å². The van der Waals surface area contributed by atoms with E-state index in [0.717, 1.165) is 47.8 Å². The highest BCUT2D eigenvalue weighted by molar-refractivity contribution is 7.89. The first-order chi connectivity index (χ1) is 17.0. The first-order valence-corrected chi connectivity index (χ1v) is 13.6. The summed E-state index contributed by atoms with van der Waals surface area (Å²) in [4.78, 5) is 11.6. The zero-order valence-corrected chi connectivity index (χ0v) is 20.2. The molecule has 35 heavy (non-hydrogen) atoms. The molecule has 2 bridgehead atoms. The largest absolute Gasteiger partial charge is 0.298 e. The summed E-state index contributed by atoms with van der Waals surface area (Å²) in [5, 5.41) is 1.78. The van der Waals surface area contributed by atoms with Crippen LogP contribution in [0.3, 0.4) is 0 Å². The van der Waals surface area contributed by atoms with E-state index in [1.165, 1.54) is 0 Å². The van der Waals surface area contributed by atoms with E-state index in [-0.39, 0.29) is 10.9 Å². The summed E-state index contributed by atoms with van der Waals surface area (Å²) in [6.07, 6.45) is 7.53. The van der Waals surface area contributed by atoms with Gasteiger partial charge in [0.15, 0.2) is 0 Å². The van der Waals surface area contributed by atoms with Crippen LogP contribution in [-0.4, -0.2) is 42.4 Å². The van der Waals surface area contributed by atoms with Crippen LogP contribution in [0.15, 0.2) is 90.6 Å². The Morgan fingerprint density at radius 3 is 2.71 bits per heavy atom. The average Bonchev–Trinajstić information content (AvgIpc) is 2.91. The molecule has 3 fully saturated rings. The fourth-order valence-electron chi connectivity index (χ4n) is 5.99. The molecule has 2 aromatic carbocycles. The van der Waals surface area contributed by atoms with Crippen molar-refractivity contribution >= 4 is 31.8 Å². The molecule has 7 heteroatoms. The minimum absolute atomic E-state index is 0.0495. The van der Waals surface area contributed by atoms with Crippen LogP contribution in [0.5, 0.6) is 0 Å². The minimum Gasteiger partial charge on any atom is -0.298 e. The van der Waals surface area contributed by atoms with Crippen LogP contribution < -0.4 is 4.72 Å². The molecule has 0 saturated carbocycles. The summed E-state index contributed by atoms with van der Waals surface area (Å²) < 4.78 is 31.0. The lowest BCUT2D eigenvalue weighted by Crippen LogP contribution is -2.57. The van der Waals surface area contributed by atoms with E-state index in [2.05, 4.69) is 32.2 Å². The lowest BCUT2D eigenvalue weighted by Gasteiger charge is -2.51. The number of rotatable bonds is 6. The van der Waals surface area contributed by atoms with Gasteiger partial charge in [-0.25, -0.2) is 13.1 Å². The smallest absolute Gasteiger partial charge is 0.243 e. The third kappa shape index (κ3) is 3.93. The van der Waals surface area contributed by atoms with Crippen LogP contribution in [-0.2, 0) is 10.0 Å². The number of fused-ring (bicyclic) bond motifs is 5. The Morgan fingerprint density at radius 2 is 1.89 bits per heavy atom. The molecule has 4 aromatic rings. The van der Waals surface area contributed by atoms with Gasteiger partial charge in [0.2, 0.25) is 10.0 Å². The van der Waals surface area contributed by atoms with Gasteiger partial charge >= 0.3 is 0 Å². The number of nitrogens with one attached hydrogen (secondary N) is 1. The van der Waals surface area contributed by atoms with Crippen molar-refractivity contribution in [2.75, 3.05) is 13.1 Å². The Balaban J connectivity index is 1.47. The lowest BCUT2D eigenvalue weighted by atomic mass is 9.73. The van der Waals surface area contributed by atoms with E-state index in [1.807, 2.05) is 48.5 Å². The molecule has 5 heterocycles. The number of hydrogen-bond donors (Lipinski definition) is 1. The van der Waals surface area contributed by atoms with Crippen molar-refractivity contribution in [3.8, 4) is 0 Å². The molecule has 0 aliphatic carbocycles. The van der Waals surface area contributed by atoms with Crippen molar-refractivity contribution in [1.29, 1.82) is 0 Å². The van der Waals surface area contributed by atoms with E-state index in [4.69, 9.17) is 0 Å². The molecule has 0 amide bonds. The van der Waals surface area contributed by atoms with E-state index >= 15 is 0 Å². The summed E-state index contributed by atoms with van der Waals surface area (Å²) >= 11 is 0. The topological polar surface area (TPSA) is 75.2 Å². The molecule has 2 aromatic heterocycles. The fourth-order valence-corrected chi connectivity index (χ4v) is 7.41. The van der Waals surface area contributed by atoms with Crippen molar-refractivity contribution in [2.24, 2.45) is 11.8 Å². The van der Waals surface area contributed by atoms with Gasteiger partial charge in [0.05, 0.1) is 17.1 Å². The standard InChI is InChI=1S/C28H28N4O2S/c1-2-19-18-32-16-13-21(19)17-25(32)28(23-12-15-29-24-10-4-3-9-22(23)24)31-35(33,34)26-11-5-7-20-8-6-14-30-27(20)26/h2-12,14-15,19,21,25,28,31H,1,13,16-18H2/t19-,21?,25-,28-/m0/s1. The first-order valence-electron chi connectivity index (χ1n) is 12.1. The Kier molecular flexibility index (Phi) is 5.63. The van der Waals surface area contributed by atoms with Gasteiger partial charge in [-0.15, -0.1) is 6.58 Å². The molecule has 1 N–H and O–H groups in total. The molecule has 7 rings (SSSR count). The van der Waals surface area contributed by atoms with Crippen LogP contribution in [0, 0.1) is 11.8 Å². The number of nitrogens with zero attached hydrogens (tertiary/aromatic N) is 3. The number of benzene rings is 2. The molecule has 3 saturated heterocycles. The van der Waals surface area contributed by atoms with Crippen LogP contribution in [0.2, 0.25) is 0 Å². The summed E-state index contributed by atoms with van der Waals surface area (Å²) in [7, 11) is -3.87. The van der Waals surface area contributed by atoms with Crippen LogP contribution in [0.4, 0.5) is 0 Å². The van der Waals surface area contributed by atoms with Gasteiger partial charge in [-0.05, 0) is 61.1 Å². The molecular weight excluding hydrogens is 456 g/mol. The highest BCUT2D eigenvalue weighted by atomic mass is 32.2. The second-order valence-electron chi connectivity index (χ2n) is 9.59. The molecule has 2 unspecified atom stereocenters. The molecule has 0 radical (unpaired) electrons. The third-order valence-corrected chi connectivity index (χ3v) is 9.20. The highest BCUT2D eigenvalue weighted by Crippen LogP contribution is 2.42. The maximum Gasteiger partial charge on any atom is 0.243 e. The van der Waals surface area contributed by atoms with Crippen molar-refractivity contribution in [3.05, 3.63) is 91.3 Å². The monoisotopic (exact) mass is 484 g/mol. The van der Waals surface area contributed by atoms with E-state index in [9.17, 15) is 8.42 Å². The number of hydrogen-bond acceptors (Lipinski definition) is 5. The molecule has 0 spiro atoms. The van der Waals surface area contributed by atoms with Gasteiger partial charge in [0.25, 0.3) is 0 Å². The summed E-state index contributed by atoms with van der Waals surface area (Å²) in [5.74, 6) is 0.968. The first kappa shape index (κ1) is 22.3. The Morgan fingerprint density at radius 1 is 1.03 bits per heavy atom. The van der Waals surface area contributed by atoms with Gasteiger partial charge in [-0.2, -0.15) is 0 Å². The second kappa shape index (κ2) is 8.82. The summed E-state index contributed by atoms with van der Waals surface area (Å²) in [6, 6.07) is 18.5. The molecular formula is C28H28N4O2S. The normalized spacial score (nSPS) is 25.0. The maximum atomic E-state index is 13.9. The van der Waals surface area contributed by atoms with Gasteiger partial charge in [-0.3, -0.25) is 14.9 Å². The molecule has 3 aliphatic rings. The Bertz CT molecular complexity index is 1510. The van der Waals surface area contributed by atoms with Crippen LogP contribution in [0.25, 0.3) is 21.8 Å². The van der Waals surface area contributed by atoms with E-state index < -0.39 is 16.1 Å². The van der Waals surface area contributed by atoms with Gasteiger partial charge in [0, 0.05) is 35.8 Å². The molecule has 178 valence electrons. The minimum atomic E-state index is -3.87. The summed E-state index contributed by atoms with van der Waals surface area (Å²) in [5.41, 5.74) is 2.30. The lowest BCUT2D eigenvalue weighted by molar-refractivity contribution is 0.00490. The van der Waals surface area contributed by atoms with Crippen molar-refractivity contribution < 1.29 is 8.42 Å². The third-order valence-electron chi connectivity index (χ3n) is 7.72. The Labute approximate surface area is 205 Å². The number of sulfonamides is 1. The van der Waals surface area contributed by atoms with E-state index in [0.29, 0.717) is 17.4 Å². The predicted octanol–water partition coefficient (Wildman–Crippen LogP) is 4.70. The van der Waals surface area contributed by atoms with Gasteiger partial charge in [-0.1, -0.05) is 42.5 Å². The SMILES string of the molecule is C=C[C@H]1CN2CCC1C[C@H]2[C@@H](NS(=O)(=O)c1cccc2cccnc12)c1ccnc2ccccc12. The quantitative estimate of drug-likeness (QED) is 0.402. The van der Waals surface area contributed by atoms with Crippen molar-refractivity contribution in [2.45, 2.75) is 29.8 Å². The van der Waals surface area contributed by atoms with Crippen LogP contribution in [0.1, 0.15) is 24.4 Å². The Hall–Kier alpha value is -3.13. The number of pyridine rings is 2. The fraction of sp³-hybridized carbons (Fsp3) is 0.286. The average molecular weight is 485 g/mol. The zero-order valence-electron chi connectivity index (χ0n) is 19.4. The second-order valence-corrected chi connectivity index (χ2v) is 11.3. The molecule has 3 aliphatic heterocycles. The number of para-hydroxylation sites is 2.